The Hall–Kier alpha value is -2.17. The van der Waals surface area contributed by atoms with E-state index in [1.165, 1.54) is 5.56 Å². The first kappa shape index (κ1) is 22.5. The molecule has 8 heteroatoms. The number of aliphatic hydroxyl groups excluding tert-OH is 1. The fourth-order valence-corrected chi connectivity index (χ4v) is 4.58. The number of rotatable bonds is 5. The standard InChI is InChI=1S/C22H24N4O2S.HI/c1-23-22(24-13-18(27)20-12-16-7-3-5-9-19(16)29-20)25-14-21(28)26-11-10-15-6-2-4-8-17(15)26;/h2-9,12,18,27H,10-11,13-14H2,1H3,(H2,23,24,25);1H. The van der Waals surface area contributed by atoms with E-state index in [2.05, 4.69) is 21.7 Å². The maximum absolute atomic E-state index is 12.6. The summed E-state index contributed by atoms with van der Waals surface area (Å²) in [5.41, 5.74) is 2.19. The lowest BCUT2D eigenvalue weighted by molar-refractivity contribution is -0.117. The third-order valence-electron chi connectivity index (χ3n) is 5.05. The van der Waals surface area contributed by atoms with E-state index in [-0.39, 0.29) is 36.4 Å². The summed E-state index contributed by atoms with van der Waals surface area (Å²) < 4.78 is 1.15. The van der Waals surface area contributed by atoms with E-state index in [1.54, 1.807) is 18.4 Å². The molecule has 1 aliphatic heterocycles. The highest BCUT2D eigenvalue weighted by Crippen LogP contribution is 2.29. The van der Waals surface area contributed by atoms with Gasteiger partial charge in [0.25, 0.3) is 0 Å². The Bertz CT molecular complexity index is 1020. The maximum Gasteiger partial charge on any atom is 0.246 e. The Balaban J connectivity index is 0.00000256. The van der Waals surface area contributed by atoms with E-state index < -0.39 is 6.10 Å². The lowest BCUT2D eigenvalue weighted by atomic mass is 10.2. The van der Waals surface area contributed by atoms with Crippen molar-refractivity contribution in [1.82, 2.24) is 10.6 Å². The molecule has 0 spiro atoms. The number of carbonyl (C=O) groups is 1. The Morgan fingerprint density at radius 2 is 1.97 bits per heavy atom. The summed E-state index contributed by atoms with van der Waals surface area (Å²) in [4.78, 5) is 19.5. The minimum absolute atomic E-state index is 0. The molecule has 30 heavy (non-hydrogen) atoms. The molecule has 6 nitrogen and oxygen atoms in total. The minimum Gasteiger partial charge on any atom is -0.386 e. The molecule has 1 unspecified atom stereocenters. The molecular weight excluding hydrogens is 511 g/mol. The maximum atomic E-state index is 12.6. The molecule has 0 saturated carbocycles. The fraction of sp³-hybridized carbons (Fsp3) is 0.273. The van der Waals surface area contributed by atoms with Gasteiger partial charge in [0.1, 0.15) is 6.10 Å². The molecule has 1 aliphatic rings. The third kappa shape index (κ3) is 4.93. The molecule has 0 aliphatic carbocycles. The largest absolute Gasteiger partial charge is 0.386 e. The van der Waals surface area contributed by atoms with Gasteiger partial charge in [-0.2, -0.15) is 0 Å². The van der Waals surface area contributed by atoms with Crippen LogP contribution in [0, 0.1) is 0 Å². The van der Waals surface area contributed by atoms with E-state index in [4.69, 9.17) is 0 Å². The number of para-hydroxylation sites is 1. The van der Waals surface area contributed by atoms with Crippen molar-refractivity contribution in [1.29, 1.82) is 0 Å². The van der Waals surface area contributed by atoms with Crippen molar-refractivity contribution in [2.24, 2.45) is 4.99 Å². The van der Waals surface area contributed by atoms with Gasteiger partial charge in [0.15, 0.2) is 5.96 Å². The minimum atomic E-state index is -0.646. The Labute approximate surface area is 197 Å². The van der Waals surface area contributed by atoms with Gasteiger partial charge >= 0.3 is 0 Å². The molecule has 3 N–H and O–H groups in total. The molecule has 0 fully saturated rings. The van der Waals surface area contributed by atoms with Gasteiger partial charge in [-0.05, 0) is 35.6 Å². The van der Waals surface area contributed by atoms with Crippen molar-refractivity contribution < 1.29 is 9.90 Å². The van der Waals surface area contributed by atoms with Gasteiger partial charge in [0.2, 0.25) is 5.91 Å². The average Bonchev–Trinajstić information content (AvgIpc) is 3.37. The van der Waals surface area contributed by atoms with E-state index >= 15 is 0 Å². The number of guanidine groups is 1. The van der Waals surface area contributed by atoms with Crippen LogP contribution >= 0.6 is 35.3 Å². The van der Waals surface area contributed by atoms with Crippen LogP contribution in [0.4, 0.5) is 5.69 Å². The molecule has 158 valence electrons. The molecule has 2 aromatic carbocycles. The summed E-state index contributed by atoms with van der Waals surface area (Å²) in [6, 6.07) is 18.1. The van der Waals surface area contributed by atoms with Gasteiger partial charge in [-0.3, -0.25) is 9.79 Å². The fourth-order valence-electron chi connectivity index (χ4n) is 3.53. The van der Waals surface area contributed by atoms with Gasteiger partial charge in [-0.15, -0.1) is 35.3 Å². The molecule has 1 aromatic heterocycles. The molecule has 0 bridgehead atoms. The van der Waals surface area contributed by atoms with Crippen LogP contribution in [0.5, 0.6) is 0 Å². The number of anilines is 1. The number of carbonyl (C=O) groups excluding carboxylic acids is 1. The van der Waals surface area contributed by atoms with Crippen molar-refractivity contribution in [3.8, 4) is 0 Å². The number of nitrogens with one attached hydrogen (secondary N) is 2. The highest BCUT2D eigenvalue weighted by Gasteiger charge is 2.24. The van der Waals surface area contributed by atoms with E-state index in [9.17, 15) is 9.90 Å². The van der Waals surface area contributed by atoms with Crippen molar-refractivity contribution >= 4 is 63.0 Å². The molecule has 1 amide bonds. The van der Waals surface area contributed by atoms with Crippen LogP contribution in [0.15, 0.2) is 59.6 Å². The topological polar surface area (TPSA) is 77.0 Å². The number of halogens is 1. The zero-order valence-electron chi connectivity index (χ0n) is 16.7. The van der Waals surface area contributed by atoms with Crippen LogP contribution in [0.1, 0.15) is 16.5 Å². The number of hydrogen-bond acceptors (Lipinski definition) is 4. The number of nitrogens with zero attached hydrogens (tertiary/aromatic N) is 2. The number of fused-ring (bicyclic) bond motifs is 2. The van der Waals surface area contributed by atoms with Crippen LogP contribution in [-0.2, 0) is 11.2 Å². The normalized spacial score (nSPS) is 14.2. The van der Waals surface area contributed by atoms with Crippen molar-refractivity contribution in [2.45, 2.75) is 12.5 Å². The van der Waals surface area contributed by atoms with Crippen LogP contribution in [0.25, 0.3) is 10.1 Å². The first-order valence-electron chi connectivity index (χ1n) is 9.65. The number of hydrogen-bond donors (Lipinski definition) is 3. The number of aliphatic imine (C=N–C) groups is 1. The number of benzene rings is 2. The average molecular weight is 536 g/mol. The number of amides is 1. The zero-order valence-corrected chi connectivity index (χ0v) is 19.8. The van der Waals surface area contributed by atoms with Crippen LogP contribution in [0.3, 0.4) is 0 Å². The lowest BCUT2D eigenvalue weighted by Crippen LogP contribution is -2.45. The highest BCUT2D eigenvalue weighted by atomic mass is 127. The second-order valence-corrected chi connectivity index (χ2v) is 8.05. The number of aliphatic hydroxyl groups is 1. The third-order valence-corrected chi connectivity index (χ3v) is 6.27. The summed E-state index contributed by atoms with van der Waals surface area (Å²) in [7, 11) is 1.65. The van der Waals surface area contributed by atoms with Crippen molar-refractivity contribution in [2.75, 3.05) is 31.6 Å². The van der Waals surface area contributed by atoms with Crippen LogP contribution < -0.4 is 15.5 Å². The second-order valence-electron chi connectivity index (χ2n) is 6.93. The quantitative estimate of drug-likeness (QED) is 0.266. The lowest BCUT2D eigenvalue weighted by Gasteiger charge is -2.19. The second kappa shape index (κ2) is 10.2. The van der Waals surface area contributed by atoms with Gasteiger partial charge in [-0.1, -0.05) is 36.4 Å². The first-order chi connectivity index (χ1) is 14.2. The zero-order chi connectivity index (χ0) is 20.2. The first-order valence-corrected chi connectivity index (χ1v) is 10.5. The van der Waals surface area contributed by atoms with Gasteiger partial charge in [-0.25, -0.2) is 0 Å². The highest BCUT2D eigenvalue weighted by molar-refractivity contribution is 14.0. The van der Waals surface area contributed by atoms with Crippen molar-refractivity contribution in [3.63, 3.8) is 0 Å². The summed E-state index contributed by atoms with van der Waals surface area (Å²) in [5, 5.41) is 17.8. The Morgan fingerprint density at radius 3 is 2.77 bits per heavy atom. The summed E-state index contributed by atoms with van der Waals surface area (Å²) >= 11 is 1.58. The molecule has 1 atom stereocenters. The van der Waals surface area contributed by atoms with E-state index in [1.807, 2.05) is 53.4 Å². The van der Waals surface area contributed by atoms with Gasteiger partial charge in [0.05, 0.1) is 6.54 Å². The SMILES string of the molecule is CN=C(NCC(=O)N1CCc2ccccc21)NCC(O)c1cc2ccccc2s1.I. The van der Waals surface area contributed by atoms with Gasteiger partial charge in [0, 0.05) is 35.4 Å². The predicted octanol–water partition coefficient (Wildman–Crippen LogP) is 3.31. The molecule has 0 radical (unpaired) electrons. The van der Waals surface area contributed by atoms with Gasteiger partial charge < -0.3 is 20.6 Å². The summed E-state index contributed by atoms with van der Waals surface area (Å²) in [6.07, 6.45) is 0.239. The summed E-state index contributed by atoms with van der Waals surface area (Å²) in [6.45, 7) is 1.16. The molecule has 0 saturated heterocycles. The van der Waals surface area contributed by atoms with E-state index in [0.717, 1.165) is 27.1 Å². The molecule has 3 aromatic rings. The summed E-state index contributed by atoms with van der Waals surface area (Å²) in [5.74, 6) is 0.494. The smallest absolute Gasteiger partial charge is 0.246 e. The predicted molar refractivity (Wildman–Crippen MR) is 134 cm³/mol. The Morgan fingerprint density at radius 1 is 1.20 bits per heavy atom. The monoisotopic (exact) mass is 536 g/mol. The van der Waals surface area contributed by atoms with Crippen LogP contribution in [-0.4, -0.2) is 43.7 Å². The van der Waals surface area contributed by atoms with Crippen LogP contribution in [0.2, 0.25) is 0 Å². The molecular formula is C22H25IN4O2S. The van der Waals surface area contributed by atoms with Crippen molar-refractivity contribution in [3.05, 3.63) is 65.0 Å². The number of thiophene rings is 1. The van der Waals surface area contributed by atoms with E-state index in [0.29, 0.717) is 19.0 Å². The Kier molecular flexibility index (Phi) is 7.68. The molecule has 4 rings (SSSR count). The molecule has 2 heterocycles.